The van der Waals surface area contributed by atoms with Gasteiger partial charge in [-0.05, 0) is 24.1 Å². The van der Waals surface area contributed by atoms with Gasteiger partial charge in [-0.1, -0.05) is 41.9 Å². The highest BCUT2D eigenvalue weighted by Crippen LogP contribution is 2.32. The summed E-state index contributed by atoms with van der Waals surface area (Å²) in [5.74, 6) is 0. The smallest absolute Gasteiger partial charge is 0.100 e. The van der Waals surface area contributed by atoms with Crippen molar-refractivity contribution < 1.29 is 9.47 Å². The van der Waals surface area contributed by atoms with E-state index in [1.807, 2.05) is 31.3 Å². The van der Waals surface area contributed by atoms with Gasteiger partial charge < -0.3 is 14.8 Å². The average molecular weight is 292 g/mol. The van der Waals surface area contributed by atoms with E-state index in [0.717, 1.165) is 15.8 Å². The molecular weight excluding hydrogens is 274 g/mol. The van der Waals surface area contributed by atoms with E-state index in [-0.39, 0.29) is 12.1 Å². The van der Waals surface area contributed by atoms with Crippen LogP contribution in [0, 0.1) is 0 Å². The van der Waals surface area contributed by atoms with Gasteiger partial charge >= 0.3 is 0 Å². The molecule has 3 nitrogen and oxygen atoms in total. The van der Waals surface area contributed by atoms with Crippen molar-refractivity contribution in [2.75, 3.05) is 26.9 Å². The highest BCUT2D eigenvalue weighted by Gasteiger charge is 2.26. The second-order valence-electron chi connectivity index (χ2n) is 4.93. The van der Waals surface area contributed by atoms with Crippen LogP contribution in [0.2, 0.25) is 5.02 Å². The van der Waals surface area contributed by atoms with E-state index in [1.54, 1.807) is 0 Å². The fourth-order valence-electron chi connectivity index (χ4n) is 2.80. The predicted molar refractivity (Wildman–Crippen MR) is 81.3 cm³/mol. The van der Waals surface area contributed by atoms with Gasteiger partial charge in [-0.25, -0.2) is 0 Å². The normalized spacial score (nSPS) is 21.0. The largest absolute Gasteiger partial charge is 0.376 e. The van der Waals surface area contributed by atoms with Crippen molar-refractivity contribution >= 4 is 22.4 Å². The molecule has 0 aromatic heterocycles. The molecule has 4 heteroatoms. The van der Waals surface area contributed by atoms with Crippen molar-refractivity contribution in [2.24, 2.45) is 0 Å². The van der Waals surface area contributed by atoms with Gasteiger partial charge in [0.25, 0.3) is 0 Å². The minimum atomic E-state index is 0.0262. The Morgan fingerprint density at radius 3 is 2.65 bits per heavy atom. The molecule has 1 N–H and O–H groups in total. The van der Waals surface area contributed by atoms with E-state index >= 15 is 0 Å². The standard InChI is InChI=1S/C16H18ClNO2/c1-18-16(15-10-19-8-9-20-15)13-6-7-14(17)12-5-3-2-4-11(12)13/h2-7,15-16,18H,8-10H2,1H3. The van der Waals surface area contributed by atoms with Gasteiger partial charge in [0.15, 0.2) is 0 Å². The molecule has 0 bridgehead atoms. The third-order valence-corrected chi connectivity index (χ3v) is 4.09. The first kappa shape index (κ1) is 13.8. The lowest BCUT2D eigenvalue weighted by Gasteiger charge is -2.31. The molecule has 0 saturated carbocycles. The molecule has 1 fully saturated rings. The molecule has 0 aliphatic carbocycles. The van der Waals surface area contributed by atoms with Crippen LogP contribution in [0.5, 0.6) is 0 Å². The van der Waals surface area contributed by atoms with Crippen LogP contribution < -0.4 is 5.32 Å². The molecule has 2 aromatic rings. The van der Waals surface area contributed by atoms with Crippen LogP contribution in [-0.4, -0.2) is 33.0 Å². The Morgan fingerprint density at radius 2 is 1.95 bits per heavy atom. The zero-order valence-corrected chi connectivity index (χ0v) is 12.2. The van der Waals surface area contributed by atoms with Crippen molar-refractivity contribution in [3.63, 3.8) is 0 Å². The lowest BCUT2D eigenvalue weighted by atomic mass is 9.95. The highest BCUT2D eigenvalue weighted by molar-refractivity contribution is 6.35. The molecule has 2 aromatic carbocycles. The second-order valence-corrected chi connectivity index (χ2v) is 5.34. The lowest BCUT2D eigenvalue weighted by Crippen LogP contribution is -2.39. The summed E-state index contributed by atoms with van der Waals surface area (Å²) in [6, 6.07) is 12.3. The quantitative estimate of drug-likeness (QED) is 0.942. The maximum Gasteiger partial charge on any atom is 0.100 e. The summed E-state index contributed by atoms with van der Waals surface area (Å²) in [5, 5.41) is 6.36. The number of rotatable bonds is 3. The Balaban J connectivity index is 2.05. The number of benzene rings is 2. The fraction of sp³-hybridized carbons (Fsp3) is 0.375. The first-order valence-electron chi connectivity index (χ1n) is 6.85. The third kappa shape index (κ3) is 2.54. The molecule has 2 unspecified atom stereocenters. The number of nitrogens with one attached hydrogen (secondary N) is 1. The number of hydrogen-bond donors (Lipinski definition) is 1. The molecule has 3 rings (SSSR count). The Hall–Kier alpha value is -1.13. The van der Waals surface area contributed by atoms with Crippen LogP contribution in [0.15, 0.2) is 36.4 Å². The van der Waals surface area contributed by atoms with Crippen molar-refractivity contribution in [3.8, 4) is 0 Å². The van der Waals surface area contributed by atoms with E-state index in [2.05, 4.69) is 17.4 Å². The van der Waals surface area contributed by atoms with Crippen LogP contribution in [-0.2, 0) is 9.47 Å². The summed E-state index contributed by atoms with van der Waals surface area (Å²) in [5.41, 5.74) is 1.20. The first-order chi connectivity index (χ1) is 9.81. The third-order valence-electron chi connectivity index (χ3n) is 3.76. The molecule has 1 aliphatic heterocycles. The summed E-state index contributed by atoms with van der Waals surface area (Å²) in [6.07, 6.45) is 0.0262. The van der Waals surface area contributed by atoms with Gasteiger partial charge in [-0.15, -0.1) is 0 Å². The zero-order valence-electron chi connectivity index (χ0n) is 11.4. The summed E-state index contributed by atoms with van der Waals surface area (Å²) in [7, 11) is 1.95. The lowest BCUT2D eigenvalue weighted by molar-refractivity contribution is -0.101. The topological polar surface area (TPSA) is 30.5 Å². The first-order valence-corrected chi connectivity index (χ1v) is 7.23. The summed E-state index contributed by atoms with van der Waals surface area (Å²) in [6.45, 7) is 1.94. The molecule has 0 radical (unpaired) electrons. The molecule has 1 heterocycles. The number of fused-ring (bicyclic) bond motifs is 1. The van der Waals surface area contributed by atoms with Crippen molar-refractivity contribution in [2.45, 2.75) is 12.1 Å². The van der Waals surface area contributed by atoms with Gasteiger partial charge in [-0.3, -0.25) is 0 Å². The van der Waals surface area contributed by atoms with Crippen molar-refractivity contribution in [3.05, 3.63) is 47.0 Å². The van der Waals surface area contributed by atoms with Gasteiger partial charge in [0.1, 0.15) is 6.10 Å². The molecule has 20 heavy (non-hydrogen) atoms. The molecular formula is C16H18ClNO2. The zero-order chi connectivity index (χ0) is 13.9. The van der Waals surface area contributed by atoms with Gasteiger partial charge in [0.05, 0.1) is 25.9 Å². The van der Waals surface area contributed by atoms with Crippen LogP contribution in [0.3, 0.4) is 0 Å². The van der Waals surface area contributed by atoms with Gasteiger partial charge in [-0.2, -0.15) is 0 Å². The van der Waals surface area contributed by atoms with Crippen LogP contribution in [0.1, 0.15) is 11.6 Å². The van der Waals surface area contributed by atoms with Crippen molar-refractivity contribution in [1.82, 2.24) is 5.32 Å². The van der Waals surface area contributed by atoms with Crippen LogP contribution >= 0.6 is 11.6 Å². The van der Waals surface area contributed by atoms with Gasteiger partial charge in [0.2, 0.25) is 0 Å². The minimum absolute atomic E-state index is 0.0262. The fourth-order valence-corrected chi connectivity index (χ4v) is 3.02. The van der Waals surface area contributed by atoms with E-state index in [4.69, 9.17) is 21.1 Å². The molecule has 2 atom stereocenters. The summed E-state index contributed by atoms with van der Waals surface area (Å²) >= 11 is 6.29. The second kappa shape index (κ2) is 6.10. The van der Waals surface area contributed by atoms with Crippen LogP contribution in [0.25, 0.3) is 10.8 Å². The maximum absolute atomic E-state index is 6.29. The average Bonchev–Trinajstić information content (AvgIpc) is 2.52. The summed E-state index contributed by atoms with van der Waals surface area (Å²) in [4.78, 5) is 0. The van der Waals surface area contributed by atoms with E-state index < -0.39 is 0 Å². The maximum atomic E-state index is 6.29. The van der Waals surface area contributed by atoms with E-state index in [9.17, 15) is 0 Å². The molecule has 1 aliphatic rings. The highest BCUT2D eigenvalue weighted by atomic mass is 35.5. The van der Waals surface area contributed by atoms with Crippen molar-refractivity contribution in [1.29, 1.82) is 0 Å². The molecule has 1 saturated heterocycles. The number of ether oxygens (including phenoxy) is 2. The van der Waals surface area contributed by atoms with Gasteiger partial charge in [0, 0.05) is 10.4 Å². The Labute approximate surface area is 123 Å². The monoisotopic (exact) mass is 291 g/mol. The van der Waals surface area contributed by atoms with E-state index in [0.29, 0.717) is 19.8 Å². The molecule has 106 valence electrons. The number of halogens is 1. The number of likely N-dealkylation sites (N-methyl/N-ethyl adjacent to an activating group) is 1. The Bertz CT molecular complexity index is 596. The number of hydrogen-bond acceptors (Lipinski definition) is 3. The molecule has 0 amide bonds. The van der Waals surface area contributed by atoms with Crippen LogP contribution in [0.4, 0.5) is 0 Å². The minimum Gasteiger partial charge on any atom is -0.376 e. The predicted octanol–water partition coefficient (Wildman–Crippen LogP) is 3.17. The van der Waals surface area contributed by atoms with E-state index in [1.165, 1.54) is 5.56 Å². The summed E-state index contributed by atoms with van der Waals surface area (Å²) < 4.78 is 11.4. The Morgan fingerprint density at radius 1 is 1.15 bits per heavy atom. The SMILES string of the molecule is CNC(c1ccc(Cl)c2ccccc12)C1COCCO1. The Kier molecular flexibility index (Phi) is 4.22. The molecule has 0 spiro atoms.